The third-order valence-corrected chi connectivity index (χ3v) is 5.10. The number of carbonyl (C=O) groups is 3. The molecule has 1 fully saturated rings. The highest BCUT2D eigenvalue weighted by atomic mass is 35.5. The van der Waals surface area contributed by atoms with Gasteiger partial charge in [-0.05, 0) is 29.1 Å². The van der Waals surface area contributed by atoms with Crippen molar-refractivity contribution in [1.29, 1.82) is 0 Å². The molecule has 0 aliphatic carbocycles. The van der Waals surface area contributed by atoms with Gasteiger partial charge in [0.05, 0.1) is 18.0 Å². The van der Waals surface area contributed by atoms with Gasteiger partial charge in [0.15, 0.2) is 0 Å². The van der Waals surface area contributed by atoms with Gasteiger partial charge in [-0.2, -0.15) is 0 Å². The molecule has 27 heavy (non-hydrogen) atoms. The molecule has 0 unspecified atom stereocenters. The molecule has 142 valence electrons. The summed E-state index contributed by atoms with van der Waals surface area (Å²) >= 11 is 7.15. The Hall–Kier alpha value is -2.42. The van der Waals surface area contributed by atoms with Crippen molar-refractivity contribution in [2.24, 2.45) is 0 Å². The van der Waals surface area contributed by atoms with Gasteiger partial charge in [-0.1, -0.05) is 29.8 Å². The van der Waals surface area contributed by atoms with Crippen LogP contribution in [0.2, 0.25) is 5.02 Å². The number of benzene rings is 1. The predicted octanol–water partition coefficient (Wildman–Crippen LogP) is 1.63. The topological polar surface area (TPSA) is 87.7 Å². The second-order valence-corrected chi connectivity index (χ2v) is 7.20. The maximum atomic E-state index is 12.4. The van der Waals surface area contributed by atoms with Crippen LogP contribution in [0.4, 0.5) is 0 Å². The summed E-state index contributed by atoms with van der Waals surface area (Å²) in [4.78, 5) is 38.5. The van der Waals surface area contributed by atoms with Crippen LogP contribution < -0.4 is 10.6 Å². The highest BCUT2D eigenvalue weighted by Gasteiger charge is 2.31. The number of ether oxygens (including phenoxy) is 1. The Kier molecular flexibility index (Phi) is 6.44. The molecule has 0 saturated carbocycles. The fourth-order valence-electron chi connectivity index (χ4n) is 2.59. The second kappa shape index (κ2) is 8.98. The summed E-state index contributed by atoms with van der Waals surface area (Å²) in [5.74, 6) is -1.67. The van der Waals surface area contributed by atoms with E-state index < -0.39 is 18.0 Å². The number of thiophene rings is 1. The first kappa shape index (κ1) is 19.3. The fraction of sp³-hybridized carbons (Fsp3) is 0.278. The van der Waals surface area contributed by atoms with E-state index in [1.165, 1.54) is 11.3 Å². The van der Waals surface area contributed by atoms with Gasteiger partial charge >= 0.3 is 11.8 Å². The Bertz CT molecular complexity index is 811. The molecule has 3 amide bonds. The van der Waals surface area contributed by atoms with Crippen LogP contribution in [0.5, 0.6) is 0 Å². The van der Waals surface area contributed by atoms with Gasteiger partial charge in [-0.25, -0.2) is 0 Å². The van der Waals surface area contributed by atoms with E-state index in [0.717, 1.165) is 5.56 Å². The van der Waals surface area contributed by atoms with Crippen molar-refractivity contribution in [2.45, 2.75) is 12.8 Å². The van der Waals surface area contributed by atoms with Crippen molar-refractivity contribution in [3.63, 3.8) is 0 Å². The molecular weight excluding hydrogens is 390 g/mol. The Morgan fingerprint density at radius 3 is 2.59 bits per heavy atom. The van der Waals surface area contributed by atoms with E-state index in [1.807, 2.05) is 5.38 Å². The average Bonchev–Trinajstić information content (AvgIpc) is 3.36. The Labute approximate surface area is 165 Å². The maximum Gasteiger partial charge on any atom is 0.309 e. The van der Waals surface area contributed by atoms with Gasteiger partial charge in [0.1, 0.15) is 6.23 Å². The molecule has 0 radical (unpaired) electrons. The first-order chi connectivity index (χ1) is 13.0. The summed E-state index contributed by atoms with van der Waals surface area (Å²) in [6, 6.07) is 10.5. The largest absolute Gasteiger partial charge is 0.355 e. The van der Waals surface area contributed by atoms with Gasteiger partial charge in [-0.15, -0.1) is 11.3 Å². The molecule has 7 nitrogen and oxygen atoms in total. The van der Waals surface area contributed by atoms with Crippen LogP contribution in [0.15, 0.2) is 41.8 Å². The summed E-state index contributed by atoms with van der Waals surface area (Å²) < 4.78 is 5.51. The third kappa shape index (κ3) is 5.06. The summed E-state index contributed by atoms with van der Waals surface area (Å²) in [5.41, 5.74) is 0.826. The van der Waals surface area contributed by atoms with Gasteiger partial charge in [0.25, 0.3) is 5.91 Å². The van der Waals surface area contributed by atoms with Crippen molar-refractivity contribution in [3.8, 4) is 0 Å². The molecule has 2 N–H and O–H groups in total. The molecule has 1 aromatic carbocycles. The minimum Gasteiger partial charge on any atom is -0.355 e. The number of halogens is 1. The molecule has 1 saturated heterocycles. The Morgan fingerprint density at radius 1 is 1.15 bits per heavy atom. The lowest BCUT2D eigenvalue weighted by Gasteiger charge is -2.22. The number of carbonyl (C=O) groups excluding carboxylic acids is 3. The molecule has 9 heteroatoms. The zero-order valence-corrected chi connectivity index (χ0v) is 15.9. The van der Waals surface area contributed by atoms with E-state index in [4.69, 9.17) is 16.3 Å². The van der Waals surface area contributed by atoms with Crippen LogP contribution in [0.1, 0.15) is 15.2 Å². The molecule has 0 bridgehead atoms. The fourth-order valence-corrected chi connectivity index (χ4v) is 3.39. The van der Waals surface area contributed by atoms with Crippen molar-refractivity contribution >= 4 is 40.7 Å². The molecule has 1 aliphatic rings. The lowest BCUT2D eigenvalue weighted by molar-refractivity contribution is -0.139. The maximum absolute atomic E-state index is 12.4. The van der Waals surface area contributed by atoms with Crippen molar-refractivity contribution in [1.82, 2.24) is 15.5 Å². The zero-order chi connectivity index (χ0) is 19.2. The molecule has 0 spiro atoms. The minimum atomic E-state index is -0.775. The van der Waals surface area contributed by atoms with E-state index in [0.29, 0.717) is 23.1 Å². The van der Waals surface area contributed by atoms with Crippen LogP contribution >= 0.6 is 22.9 Å². The molecule has 3 rings (SSSR count). The van der Waals surface area contributed by atoms with E-state index >= 15 is 0 Å². The first-order valence-corrected chi connectivity index (χ1v) is 9.57. The third-order valence-electron chi connectivity index (χ3n) is 3.99. The van der Waals surface area contributed by atoms with Crippen molar-refractivity contribution in [2.75, 3.05) is 19.7 Å². The summed E-state index contributed by atoms with van der Waals surface area (Å²) in [6.07, 6.45) is -0.590. The summed E-state index contributed by atoms with van der Waals surface area (Å²) in [5, 5.41) is 7.47. The van der Waals surface area contributed by atoms with Crippen LogP contribution in [0.3, 0.4) is 0 Å². The van der Waals surface area contributed by atoms with Gasteiger partial charge in [0, 0.05) is 18.1 Å². The smallest absolute Gasteiger partial charge is 0.309 e. The zero-order valence-electron chi connectivity index (χ0n) is 14.3. The Morgan fingerprint density at radius 2 is 1.89 bits per heavy atom. The number of amides is 3. The van der Waals surface area contributed by atoms with Gasteiger partial charge in [0.2, 0.25) is 0 Å². The van der Waals surface area contributed by atoms with Gasteiger partial charge < -0.3 is 20.3 Å². The molecular formula is C18H18ClN3O4S. The Balaban J connectivity index is 1.46. The molecule has 2 aromatic rings. The predicted molar refractivity (Wildman–Crippen MR) is 101 cm³/mol. The van der Waals surface area contributed by atoms with Crippen LogP contribution in [0.25, 0.3) is 0 Å². The van der Waals surface area contributed by atoms with Crippen LogP contribution in [0, 0.1) is 0 Å². The quantitative estimate of drug-likeness (QED) is 0.737. The van der Waals surface area contributed by atoms with Crippen molar-refractivity contribution in [3.05, 3.63) is 57.2 Å². The highest BCUT2D eigenvalue weighted by Crippen LogP contribution is 2.17. The molecule has 1 aliphatic heterocycles. The number of nitrogens with one attached hydrogen (secondary N) is 2. The summed E-state index contributed by atoms with van der Waals surface area (Å²) in [6.45, 7) is 1.09. The van der Waals surface area contributed by atoms with E-state index in [1.54, 1.807) is 41.3 Å². The number of rotatable bonds is 5. The number of hydrogen-bond donors (Lipinski definition) is 2. The number of hydrogen-bond acceptors (Lipinski definition) is 5. The standard InChI is InChI=1S/C18H18ClN3O4S/c19-13-5-3-12(4-6-13)10-20-16(23)17(24)21-11-15-22(7-8-26-15)18(25)14-2-1-9-27-14/h1-6,9,15H,7-8,10-11H2,(H,20,23)(H,21,24)/t15-/m0/s1. The highest BCUT2D eigenvalue weighted by molar-refractivity contribution is 7.12. The van der Waals surface area contributed by atoms with Crippen LogP contribution in [-0.4, -0.2) is 48.5 Å². The molecule has 1 atom stereocenters. The lowest BCUT2D eigenvalue weighted by atomic mass is 10.2. The molecule has 1 aromatic heterocycles. The van der Waals surface area contributed by atoms with Crippen LogP contribution in [-0.2, 0) is 20.9 Å². The van der Waals surface area contributed by atoms with Gasteiger partial charge in [-0.3, -0.25) is 14.4 Å². The van der Waals surface area contributed by atoms with E-state index in [2.05, 4.69) is 10.6 Å². The SMILES string of the molecule is O=C(NCc1ccc(Cl)cc1)C(=O)NC[C@@H]1OCCN1C(=O)c1cccs1. The minimum absolute atomic E-state index is 0.0459. The summed E-state index contributed by atoms with van der Waals surface area (Å²) in [7, 11) is 0. The average molecular weight is 408 g/mol. The van der Waals surface area contributed by atoms with E-state index in [-0.39, 0.29) is 19.0 Å². The second-order valence-electron chi connectivity index (χ2n) is 5.82. The monoisotopic (exact) mass is 407 g/mol. The normalized spacial score (nSPS) is 16.2. The van der Waals surface area contributed by atoms with Crippen molar-refractivity contribution < 1.29 is 19.1 Å². The first-order valence-electron chi connectivity index (χ1n) is 8.31. The lowest BCUT2D eigenvalue weighted by Crippen LogP contribution is -2.47. The van der Waals surface area contributed by atoms with E-state index in [9.17, 15) is 14.4 Å². The molecule has 2 heterocycles. The number of nitrogens with zero attached hydrogens (tertiary/aromatic N) is 1.